The van der Waals surface area contributed by atoms with E-state index in [0.29, 0.717) is 0 Å². The van der Waals surface area contributed by atoms with E-state index in [1.807, 2.05) is 36.4 Å². The summed E-state index contributed by atoms with van der Waals surface area (Å²) in [5.41, 5.74) is 12.9. The first-order valence-corrected chi connectivity index (χ1v) is 15.8. The fourth-order valence-electron chi connectivity index (χ4n) is 6.50. The van der Waals surface area contributed by atoms with Crippen molar-refractivity contribution in [3.05, 3.63) is 157 Å². The summed E-state index contributed by atoms with van der Waals surface area (Å²) < 4.78 is 0. The van der Waals surface area contributed by atoms with Gasteiger partial charge in [0.05, 0.1) is 44.8 Å². The molecule has 0 radical (unpaired) electrons. The smallest absolute Gasteiger partial charge is 0.0972 e. The van der Waals surface area contributed by atoms with E-state index < -0.39 is 0 Å². The summed E-state index contributed by atoms with van der Waals surface area (Å²) in [6, 6.07) is 52.5. The van der Waals surface area contributed by atoms with Crippen molar-refractivity contribution >= 4 is 43.6 Å². The minimum Gasteiger partial charge on any atom is -0.245 e. The zero-order valence-electron chi connectivity index (χ0n) is 25.7. The van der Waals surface area contributed by atoms with Crippen molar-refractivity contribution in [2.75, 3.05) is 0 Å². The largest absolute Gasteiger partial charge is 0.245 e. The average molecular weight is 601 g/mol. The number of aryl methyl sites for hydroxylation is 1. The van der Waals surface area contributed by atoms with Crippen LogP contribution < -0.4 is 0 Å². The molecule has 4 heteroatoms. The highest BCUT2D eigenvalue weighted by Gasteiger charge is 2.13. The molecule has 0 N–H and O–H groups in total. The highest BCUT2D eigenvalue weighted by molar-refractivity contribution is 6.05. The maximum Gasteiger partial charge on any atom is 0.0972 e. The Balaban J connectivity index is 1.12. The molecule has 0 unspecified atom stereocenters. The third kappa shape index (κ3) is 4.79. The number of hydrogen-bond acceptors (Lipinski definition) is 4. The maximum atomic E-state index is 5.19. The molecule has 0 amide bonds. The van der Waals surface area contributed by atoms with Crippen molar-refractivity contribution in [2.24, 2.45) is 0 Å². The number of hydrogen-bond donors (Lipinski definition) is 0. The molecule has 0 spiro atoms. The van der Waals surface area contributed by atoms with Gasteiger partial charge in [0, 0.05) is 43.8 Å². The van der Waals surface area contributed by atoms with E-state index in [1.165, 1.54) is 0 Å². The van der Waals surface area contributed by atoms with Crippen molar-refractivity contribution in [1.82, 2.24) is 19.9 Å². The van der Waals surface area contributed by atoms with E-state index >= 15 is 0 Å². The molecule has 0 saturated carbocycles. The number of rotatable bonds is 4. The quantitative estimate of drug-likeness (QED) is 0.189. The van der Waals surface area contributed by atoms with Crippen molar-refractivity contribution in [1.29, 1.82) is 0 Å². The van der Waals surface area contributed by atoms with Crippen LogP contribution in [-0.2, 0) is 0 Å². The van der Waals surface area contributed by atoms with Crippen LogP contribution in [0, 0.1) is 6.92 Å². The molecule has 4 heterocycles. The van der Waals surface area contributed by atoms with Crippen LogP contribution in [0.4, 0.5) is 0 Å². The standard InChI is InChI=1S/C43H28N4/c1-27-26-34(38-24-19-32-13-12-30-17-22-36(28-8-4-2-5-9-28)44-40(30)41(32)46-38)16-21-35(27)39-25-20-33-15-14-31-18-23-37(29-10-6-3-7-11-29)45-42(31)43(33)47-39/h2-26H,1H3. The van der Waals surface area contributed by atoms with E-state index in [2.05, 4.69) is 122 Å². The molecule has 5 aromatic carbocycles. The van der Waals surface area contributed by atoms with Crippen molar-refractivity contribution < 1.29 is 0 Å². The summed E-state index contributed by atoms with van der Waals surface area (Å²) in [6.45, 7) is 2.14. The Kier molecular flexibility index (Phi) is 6.32. The van der Waals surface area contributed by atoms with Gasteiger partial charge >= 0.3 is 0 Å². The Morgan fingerprint density at radius 1 is 0.319 bits per heavy atom. The number of pyridine rings is 4. The minimum absolute atomic E-state index is 0.907. The minimum atomic E-state index is 0.907. The summed E-state index contributed by atoms with van der Waals surface area (Å²) in [4.78, 5) is 20.5. The Morgan fingerprint density at radius 2 is 0.681 bits per heavy atom. The van der Waals surface area contributed by atoms with Gasteiger partial charge in [-0.2, -0.15) is 0 Å². The second-order valence-electron chi connectivity index (χ2n) is 12.0. The Labute approximate surface area is 272 Å². The van der Waals surface area contributed by atoms with E-state index in [1.54, 1.807) is 0 Å². The predicted molar refractivity (Wildman–Crippen MR) is 194 cm³/mol. The topological polar surface area (TPSA) is 51.6 Å². The lowest BCUT2D eigenvalue weighted by Crippen LogP contribution is -1.93. The number of nitrogens with zero attached hydrogens (tertiary/aromatic N) is 4. The Bertz CT molecular complexity index is 2630. The van der Waals surface area contributed by atoms with Gasteiger partial charge in [-0.3, -0.25) is 0 Å². The highest BCUT2D eigenvalue weighted by Crippen LogP contribution is 2.33. The maximum absolute atomic E-state index is 5.19. The van der Waals surface area contributed by atoms with Crippen molar-refractivity contribution in [3.8, 4) is 45.0 Å². The van der Waals surface area contributed by atoms with Crippen LogP contribution in [0.2, 0.25) is 0 Å². The van der Waals surface area contributed by atoms with E-state index in [0.717, 1.165) is 94.2 Å². The Morgan fingerprint density at radius 3 is 1.11 bits per heavy atom. The van der Waals surface area contributed by atoms with Crippen LogP contribution in [0.15, 0.2) is 152 Å². The van der Waals surface area contributed by atoms with Gasteiger partial charge in [-0.25, -0.2) is 19.9 Å². The first-order chi connectivity index (χ1) is 23.2. The SMILES string of the molecule is Cc1cc(-c2ccc3ccc4ccc(-c5ccccc5)nc4c3n2)ccc1-c1ccc2ccc3ccc(-c4ccccc4)nc3c2n1. The lowest BCUT2D eigenvalue weighted by molar-refractivity contribution is 1.33. The Hall–Kier alpha value is -6.26. The van der Waals surface area contributed by atoms with Gasteiger partial charge in [0.15, 0.2) is 0 Å². The van der Waals surface area contributed by atoms with Gasteiger partial charge in [0.1, 0.15) is 0 Å². The van der Waals surface area contributed by atoms with E-state index in [-0.39, 0.29) is 0 Å². The summed E-state index contributed by atoms with van der Waals surface area (Å²) in [5.74, 6) is 0. The molecule has 0 fully saturated rings. The molecule has 0 atom stereocenters. The molecule has 0 bridgehead atoms. The van der Waals surface area contributed by atoms with Gasteiger partial charge in [-0.15, -0.1) is 0 Å². The number of benzene rings is 5. The highest BCUT2D eigenvalue weighted by atomic mass is 14.8. The van der Waals surface area contributed by atoms with Crippen LogP contribution in [0.1, 0.15) is 5.56 Å². The molecule has 4 nitrogen and oxygen atoms in total. The summed E-state index contributed by atoms with van der Waals surface area (Å²) >= 11 is 0. The monoisotopic (exact) mass is 600 g/mol. The molecule has 0 aliphatic heterocycles. The van der Waals surface area contributed by atoms with Gasteiger partial charge in [0.2, 0.25) is 0 Å². The fourth-order valence-corrected chi connectivity index (χ4v) is 6.50. The van der Waals surface area contributed by atoms with Crippen molar-refractivity contribution in [3.63, 3.8) is 0 Å². The van der Waals surface area contributed by atoms with Gasteiger partial charge in [0.25, 0.3) is 0 Å². The summed E-state index contributed by atoms with van der Waals surface area (Å²) in [7, 11) is 0. The zero-order chi connectivity index (χ0) is 31.3. The first-order valence-electron chi connectivity index (χ1n) is 15.8. The van der Waals surface area contributed by atoms with Crippen LogP contribution in [0.5, 0.6) is 0 Å². The molecule has 220 valence electrons. The lowest BCUT2D eigenvalue weighted by atomic mass is 9.99. The summed E-state index contributed by atoms with van der Waals surface area (Å²) in [6.07, 6.45) is 0. The third-order valence-corrected chi connectivity index (χ3v) is 8.98. The van der Waals surface area contributed by atoms with Crippen LogP contribution >= 0.6 is 0 Å². The molecule has 9 rings (SSSR count). The average Bonchev–Trinajstić information content (AvgIpc) is 3.14. The fraction of sp³-hybridized carbons (Fsp3) is 0.0233. The second kappa shape index (κ2) is 11.0. The molecule has 0 aliphatic carbocycles. The normalized spacial score (nSPS) is 11.5. The van der Waals surface area contributed by atoms with Gasteiger partial charge in [-0.1, -0.05) is 121 Å². The van der Waals surface area contributed by atoms with Gasteiger partial charge in [-0.05, 0) is 42.8 Å². The molecule has 0 saturated heterocycles. The number of fused-ring (bicyclic) bond motifs is 6. The molecule has 9 aromatic rings. The van der Waals surface area contributed by atoms with E-state index in [9.17, 15) is 0 Å². The molecular formula is C43H28N4. The number of aromatic nitrogens is 4. The lowest BCUT2D eigenvalue weighted by Gasteiger charge is -2.12. The first kappa shape index (κ1) is 27.1. The second-order valence-corrected chi connectivity index (χ2v) is 12.0. The van der Waals surface area contributed by atoms with E-state index in [4.69, 9.17) is 19.9 Å². The van der Waals surface area contributed by atoms with Crippen LogP contribution in [-0.4, -0.2) is 19.9 Å². The molecule has 47 heavy (non-hydrogen) atoms. The zero-order valence-corrected chi connectivity index (χ0v) is 25.7. The van der Waals surface area contributed by atoms with Gasteiger partial charge < -0.3 is 0 Å². The summed E-state index contributed by atoms with van der Waals surface area (Å²) in [5, 5.41) is 4.30. The van der Waals surface area contributed by atoms with Crippen LogP contribution in [0.25, 0.3) is 88.6 Å². The molecule has 0 aliphatic rings. The third-order valence-electron chi connectivity index (χ3n) is 8.98. The molecule has 4 aromatic heterocycles. The van der Waals surface area contributed by atoms with Crippen molar-refractivity contribution in [2.45, 2.75) is 6.92 Å². The molecular weight excluding hydrogens is 573 g/mol. The predicted octanol–water partition coefficient (Wildman–Crippen LogP) is 10.9. The van der Waals surface area contributed by atoms with Crippen LogP contribution in [0.3, 0.4) is 0 Å².